The summed E-state index contributed by atoms with van der Waals surface area (Å²) in [6.07, 6.45) is 5.27. The van der Waals surface area contributed by atoms with Crippen molar-refractivity contribution in [3.05, 3.63) is 84.4 Å². The second kappa shape index (κ2) is 16.0. The first-order valence-corrected chi connectivity index (χ1v) is 20.3. The topological polar surface area (TPSA) is 149 Å². The molecule has 4 aliphatic heterocycles. The van der Waals surface area contributed by atoms with E-state index in [0.717, 1.165) is 44.3 Å². The number of carbonyl (C=O) groups is 4. The van der Waals surface area contributed by atoms with Gasteiger partial charge < -0.3 is 35.5 Å². The smallest absolute Gasteiger partial charge is 0.410 e. The van der Waals surface area contributed by atoms with E-state index in [1.165, 1.54) is 4.90 Å². The Balaban J connectivity index is 1.14. The van der Waals surface area contributed by atoms with E-state index in [1.54, 1.807) is 53.4 Å². The van der Waals surface area contributed by atoms with Gasteiger partial charge in [0.1, 0.15) is 12.6 Å². The first-order valence-electron chi connectivity index (χ1n) is 18.5. The third kappa shape index (κ3) is 7.65. The van der Waals surface area contributed by atoms with Crippen molar-refractivity contribution in [2.75, 3.05) is 36.8 Å². The van der Waals surface area contributed by atoms with Crippen LogP contribution in [0.2, 0.25) is 0 Å². The fourth-order valence-corrected chi connectivity index (χ4v) is 11.3. The zero-order valence-electron chi connectivity index (χ0n) is 29.3. The molecular weight excluding hydrogens is 679 g/mol. The van der Waals surface area contributed by atoms with Crippen LogP contribution in [0.15, 0.2) is 78.9 Å². The van der Waals surface area contributed by atoms with E-state index in [4.69, 9.17) is 4.74 Å². The van der Waals surface area contributed by atoms with Crippen LogP contribution in [-0.4, -0.2) is 83.7 Å². The van der Waals surface area contributed by atoms with Crippen molar-refractivity contribution in [2.45, 2.75) is 81.9 Å². The Morgan fingerprint density at radius 2 is 1.21 bits per heavy atom. The van der Waals surface area contributed by atoms with Gasteiger partial charge in [-0.15, -0.1) is 0 Å². The second-order valence-electron chi connectivity index (χ2n) is 14.1. The van der Waals surface area contributed by atoms with E-state index in [0.29, 0.717) is 60.8 Å². The number of nitrogens with one attached hydrogen (secondary N) is 4. The molecule has 274 valence electrons. The fraction of sp³-hybridized carbons (Fsp3) is 0.436. The van der Waals surface area contributed by atoms with E-state index >= 15 is 4.57 Å². The van der Waals surface area contributed by atoms with Gasteiger partial charge in [-0.2, -0.15) is 0 Å². The normalized spacial score (nSPS) is 23.1. The van der Waals surface area contributed by atoms with Gasteiger partial charge in [0.05, 0.1) is 17.9 Å². The van der Waals surface area contributed by atoms with Gasteiger partial charge in [-0.3, -0.25) is 19.3 Å². The van der Waals surface area contributed by atoms with E-state index in [9.17, 15) is 19.2 Å². The zero-order chi connectivity index (χ0) is 36.1. The largest absolute Gasteiger partial charge is 0.445 e. The molecule has 0 aliphatic carbocycles. The fourth-order valence-electron chi connectivity index (χ4n) is 7.92. The summed E-state index contributed by atoms with van der Waals surface area (Å²) in [6, 6.07) is 22.4. The van der Waals surface area contributed by atoms with Gasteiger partial charge in [-0.25, -0.2) is 4.79 Å². The van der Waals surface area contributed by atoms with Crippen LogP contribution >= 0.6 is 7.14 Å². The lowest BCUT2D eigenvalue weighted by Gasteiger charge is -2.35. The van der Waals surface area contributed by atoms with Crippen LogP contribution in [0.3, 0.4) is 0 Å². The van der Waals surface area contributed by atoms with Gasteiger partial charge in [0.2, 0.25) is 17.7 Å². The number of hydrogen-bond donors (Lipinski definition) is 4. The summed E-state index contributed by atoms with van der Waals surface area (Å²) < 4.78 is 21.4. The van der Waals surface area contributed by atoms with Gasteiger partial charge in [-0.05, 0) is 119 Å². The van der Waals surface area contributed by atoms with Crippen molar-refractivity contribution in [3.63, 3.8) is 0 Å². The monoisotopic (exact) mass is 726 g/mol. The van der Waals surface area contributed by atoms with Crippen LogP contribution in [0.25, 0.3) is 0 Å². The van der Waals surface area contributed by atoms with Crippen LogP contribution in [0.5, 0.6) is 0 Å². The summed E-state index contributed by atoms with van der Waals surface area (Å²) in [4.78, 5) is 56.5. The molecule has 4 saturated heterocycles. The average molecular weight is 727 g/mol. The van der Waals surface area contributed by atoms with Gasteiger partial charge in [0.15, 0.2) is 7.14 Å². The lowest BCUT2D eigenvalue weighted by molar-refractivity contribution is -0.135. The molecule has 4 aliphatic rings. The molecule has 12 nitrogen and oxygen atoms in total. The van der Waals surface area contributed by atoms with Crippen molar-refractivity contribution in [3.8, 4) is 0 Å². The molecule has 0 saturated carbocycles. The predicted octanol–water partition coefficient (Wildman–Crippen LogP) is 4.13. The quantitative estimate of drug-likeness (QED) is 0.228. The lowest BCUT2D eigenvalue weighted by atomic mass is 10.2. The molecule has 0 aromatic heterocycles. The van der Waals surface area contributed by atoms with E-state index in [2.05, 4.69) is 21.3 Å². The first kappa shape index (κ1) is 35.9. The molecule has 0 bridgehead atoms. The van der Waals surface area contributed by atoms with Crippen LogP contribution in [0.1, 0.15) is 56.9 Å². The van der Waals surface area contributed by atoms with Crippen LogP contribution < -0.4 is 31.9 Å². The zero-order valence-corrected chi connectivity index (χ0v) is 30.2. The Hall–Kier alpha value is -4.51. The SMILES string of the molecule is O=C(Nc1ccc(P(=O)(c2ccc(NC(=O)[C@@H]3CCCN3)cc2)C2CCCN2C(=O)[C@@H]2CCCN2C(=O)OCc2ccccc2)cc1)[C@@H]1CCCN1. The van der Waals surface area contributed by atoms with Gasteiger partial charge in [-0.1, -0.05) is 30.3 Å². The molecule has 3 aromatic rings. The highest BCUT2D eigenvalue weighted by molar-refractivity contribution is 7.79. The molecule has 4 fully saturated rings. The van der Waals surface area contributed by atoms with Crippen molar-refractivity contribution < 1.29 is 28.5 Å². The molecule has 4 N–H and O–H groups in total. The number of carbonyl (C=O) groups excluding carboxylic acids is 4. The van der Waals surface area contributed by atoms with Crippen molar-refractivity contribution in [1.82, 2.24) is 20.4 Å². The number of likely N-dealkylation sites (tertiary alicyclic amines) is 2. The molecule has 4 amide bonds. The minimum Gasteiger partial charge on any atom is -0.445 e. The first-order chi connectivity index (χ1) is 25.3. The third-order valence-electron chi connectivity index (χ3n) is 10.7. The molecule has 0 radical (unpaired) electrons. The summed E-state index contributed by atoms with van der Waals surface area (Å²) in [5.41, 5.74) is 2.06. The van der Waals surface area contributed by atoms with Crippen LogP contribution in [-0.2, 0) is 30.3 Å². The molecule has 4 heterocycles. The van der Waals surface area contributed by atoms with Crippen molar-refractivity contribution in [2.24, 2.45) is 0 Å². The highest BCUT2D eigenvalue weighted by Gasteiger charge is 2.48. The Morgan fingerprint density at radius 1 is 0.673 bits per heavy atom. The molecule has 7 rings (SSSR count). The van der Waals surface area contributed by atoms with E-state index in [1.807, 2.05) is 30.3 Å². The highest BCUT2D eigenvalue weighted by atomic mass is 31.2. The third-order valence-corrected chi connectivity index (χ3v) is 14.2. The molecule has 52 heavy (non-hydrogen) atoms. The standard InChI is InChI=1S/C39H47N6O6P/c46-36(32-10-4-22-40-32)42-28-14-18-30(19-15-28)52(50,31-20-16-29(17-21-31)43-37(47)33-11-5-23-41-33)35-13-7-25-45(35)38(48)34-12-6-24-44(34)39(49)51-26-27-8-2-1-3-9-27/h1-3,8-9,14-21,32-35,40-41H,4-7,10-13,22-26H2,(H,42,46)(H,43,47)/t32-,33-,34-,35?/m0/s1. The lowest BCUT2D eigenvalue weighted by Crippen LogP contribution is -2.50. The Kier molecular flexibility index (Phi) is 11.1. The van der Waals surface area contributed by atoms with Gasteiger partial charge >= 0.3 is 6.09 Å². The van der Waals surface area contributed by atoms with Gasteiger partial charge in [0, 0.05) is 35.1 Å². The van der Waals surface area contributed by atoms with Crippen molar-refractivity contribution in [1.29, 1.82) is 0 Å². The molecule has 0 spiro atoms. The number of amides is 4. The summed E-state index contributed by atoms with van der Waals surface area (Å²) in [6.45, 7) is 2.56. The van der Waals surface area contributed by atoms with E-state index in [-0.39, 0.29) is 36.4 Å². The summed E-state index contributed by atoms with van der Waals surface area (Å²) in [5.74, 6) is -1.07. The Morgan fingerprint density at radius 3 is 1.75 bits per heavy atom. The number of benzene rings is 3. The maximum absolute atomic E-state index is 15.8. The van der Waals surface area contributed by atoms with Crippen LogP contribution in [0, 0.1) is 0 Å². The molecule has 13 heteroatoms. The maximum Gasteiger partial charge on any atom is 0.410 e. The summed E-state index contributed by atoms with van der Waals surface area (Å²) in [5, 5.41) is 13.5. The number of hydrogen-bond acceptors (Lipinski definition) is 8. The van der Waals surface area contributed by atoms with E-state index < -0.39 is 25.1 Å². The second-order valence-corrected chi connectivity index (χ2v) is 17.0. The average Bonchev–Trinajstić information content (AvgIpc) is 4.02. The highest BCUT2D eigenvalue weighted by Crippen LogP contribution is 2.54. The summed E-state index contributed by atoms with van der Waals surface area (Å²) >= 11 is 0. The molecular formula is C39H47N6O6P. The number of ether oxygens (including phenoxy) is 1. The minimum atomic E-state index is -3.55. The Bertz CT molecular complexity index is 1720. The molecule has 4 atom stereocenters. The number of anilines is 2. The molecule has 1 unspecified atom stereocenters. The summed E-state index contributed by atoms with van der Waals surface area (Å²) in [7, 11) is -3.55. The van der Waals surface area contributed by atoms with Crippen molar-refractivity contribution >= 4 is 52.9 Å². The van der Waals surface area contributed by atoms with Crippen LogP contribution in [0.4, 0.5) is 16.2 Å². The molecule has 3 aromatic carbocycles. The Labute approximate surface area is 304 Å². The minimum absolute atomic E-state index is 0.102. The number of rotatable bonds is 10. The predicted molar refractivity (Wildman–Crippen MR) is 200 cm³/mol. The number of nitrogens with zero attached hydrogens (tertiary/aromatic N) is 2. The maximum atomic E-state index is 15.8. The van der Waals surface area contributed by atoms with Gasteiger partial charge in [0.25, 0.3) is 0 Å².